The van der Waals surface area contributed by atoms with Crippen LogP contribution in [0.1, 0.15) is 25.7 Å². The van der Waals surface area contributed by atoms with E-state index in [0.717, 1.165) is 32.4 Å². The minimum absolute atomic E-state index is 0.00532. The van der Waals surface area contributed by atoms with Gasteiger partial charge in [0.25, 0.3) is 0 Å². The number of hydrogen-bond acceptors (Lipinski definition) is 3. The molecule has 0 radical (unpaired) electrons. The summed E-state index contributed by atoms with van der Waals surface area (Å²) in [5.41, 5.74) is 0.00532. The minimum Gasteiger partial charge on any atom is -0.481 e. The molecule has 14 heavy (non-hydrogen) atoms. The average Bonchev–Trinajstić information content (AvgIpc) is 2.49. The third kappa shape index (κ3) is 2.07. The standard InChI is InChI=1S/C10H17NO3/c12-9(13)5-8-6-10(14-7-8)1-3-11-4-2-10/h8,11H,1-7H2,(H,12,13). The molecule has 1 spiro atoms. The minimum atomic E-state index is -0.704. The Bertz CT molecular complexity index is 223. The van der Waals surface area contributed by atoms with Crippen LogP contribution in [0, 0.1) is 5.92 Å². The van der Waals surface area contributed by atoms with E-state index >= 15 is 0 Å². The van der Waals surface area contributed by atoms with Crippen molar-refractivity contribution in [3.63, 3.8) is 0 Å². The number of nitrogens with one attached hydrogen (secondary N) is 1. The highest BCUT2D eigenvalue weighted by Crippen LogP contribution is 2.38. The molecule has 2 heterocycles. The molecule has 80 valence electrons. The predicted molar refractivity (Wildman–Crippen MR) is 51.1 cm³/mol. The molecule has 0 amide bonds. The summed E-state index contributed by atoms with van der Waals surface area (Å²) in [5.74, 6) is -0.477. The lowest BCUT2D eigenvalue weighted by Gasteiger charge is -2.32. The molecule has 2 aliphatic heterocycles. The lowest BCUT2D eigenvalue weighted by molar-refractivity contribution is -0.138. The maximum atomic E-state index is 10.6. The van der Waals surface area contributed by atoms with Crippen molar-refractivity contribution in [3.05, 3.63) is 0 Å². The Morgan fingerprint density at radius 3 is 2.86 bits per heavy atom. The van der Waals surface area contributed by atoms with Gasteiger partial charge in [-0.1, -0.05) is 0 Å². The van der Waals surface area contributed by atoms with Gasteiger partial charge in [-0.2, -0.15) is 0 Å². The maximum absolute atomic E-state index is 10.6. The first-order valence-electron chi connectivity index (χ1n) is 5.27. The normalized spacial score (nSPS) is 30.7. The quantitative estimate of drug-likeness (QED) is 0.684. The van der Waals surface area contributed by atoms with Gasteiger partial charge in [0.1, 0.15) is 0 Å². The second kappa shape index (κ2) is 3.87. The van der Waals surface area contributed by atoms with Gasteiger partial charge >= 0.3 is 5.97 Å². The van der Waals surface area contributed by atoms with E-state index < -0.39 is 5.97 Å². The van der Waals surface area contributed by atoms with Crippen LogP contribution in [0.2, 0.25) is 0 Å². The van der Waals surface area contributed by atoms with Crippen LogP contribution >= 0.6 is 0 Å². The molecular weight excluding hydrogens is 182 g/mol. The van der Waals surface area contributed by atoms with Gasteiger partial charge in [0.05, 0.1) is 18.6 Å². The molecule has 2 N–H and O–H groups in total. The van der Waals surface area contributed by atoms with Crippen LogP contribution in [0.3, 0.4) is 0 Å². The first-order chi connectivity index (χ1) is 6.70. The number of carboxylic acid groups (broad SMARTS) is 1. The van der Waals surface area contributed by atoms with Crippen molar-refractivity contribution in [2.45, 2.75) is 31.3 Å². The molecule has 0 saturated carbocycles. The van der Waals surface area contributed by atoms with Crippen LogP contribution in [-0.2, 0) is 9.53 Å². The summed E-state index contributed by atoms with van der Waals surface area (Å²) in [6.07, 6.45) is 3.25. The molecule has 0 aromatic heterocycles. The average molecular weight is 199 g/mol. The summed E-state index contributed by atoms with van der Waals surface area (Å²) < 4.78 is 5.79. The molecule has 1 unspecified atom stereocenters. The molecule has 0 aromatic carbocycles. The molecule has 4 nitrogen and oxygen atoms in total. The number of carbonyl (C=O) groups is 1. The van der Waals surface area contributed by atoms with E-state index in [1.165, 1.54) is 0 Å². The van der Waals surface area contributed by atoms with Crippen molar-refractivity contribution >= 4 is 5.97 Å². The zero-order valence-corrected chi connectivity index (χ0v) is 8.29. The van der Waals surface area contributed by atoms with Gasteiger partial charge in [-0.05, 0) is 38.3 Å². The van der Waals surface area contributed by atoms with Crippen molar-refractivity contribution in [1.29, 1.82) is 0 Å². The fourth-order valence-electron chi connectivity index (χ4n) is 2.55. The molecule has 0 aromatic rings. The van der Waals surface area contributed by atoms with Gasteiger partial charge in [0.15, 0.2) is 0 Å². The Labute approximate surface area is 83.6 Å². The highest BCUT2D eigenvalue weighted by Gasteiger charge is 2.41. The summed E-state index contributed by atoms with van der Waals surface area (Å²) >= 11 is 0. The second-order valence-corrected chi connectivity index (χ2v) is 4.41. The lowest BCUT2D eigenvalue weighted by Crippen LogP contribution is -2.41. The number of rotatable bonds is 2. The van der Waals surface area contributed by atoms with Gasteiger partial charge < -0.3 is 15.2 Å². The zero-order valence-electron chi connectivity index (χ0n) is 8.29. The van der Waals surface area contributed by atoms with Crippen LogP contribution in [0.5, 0.6) is 0 Å². The molecule has 2 fully saturated rings. The number of piperidine rings is 1. The largest absolute Gasteiger partial charge is 0.481 e. The van der Waals surface area contributed by atoms with Crippen LogP contribution in [0.4, 0.5) is 0 Å². The highest BCUT2D eigenvalue weighted by molar-refractivity contribution is 5.67. The first-order valence-corrected chi connectivity index (χ1v) is 5.27. The monoisotopic (exact) mass is 199 g/mol. The fourth-order valence-corrected chi connectivity index (χ4v) is 2.55. The SMILES string of the molecule is O=C(O)CC1COC2(CCNCC2)C1. The zero-order chi connectivity index (χ0) is 10.0. The lowest BCUT2D eigenvalue weighted by atomic mass is 9.85. The molecule has 1 atom stereocenters. The molecule has 4 heteroatoms. The second-order valence-electron chi connectivity index (χ2n) is 4.41. The van der Waals surface area contributed by atoms with E-state index in [1.807, 2.05) is 0 Å². The Kier molecular flexibility index (Phi) is 2.74. The Hall–Kier alpha value is -0.610. The van der Waals surface area contributed by atoms with Crippen molar-refractivity contribution in [3.8, 4) is 0 Å². The van der Waals surface area contributed by atoms with Crippen LogP contribution in [0.25, 0.3) is 0 Å². The van der Waals surface area contributed by atoms with Gasteiger partial charge in [0.2, 0.25) is 0 Å². The Balaban J connectivity index is 1.89. The summed E-state index contributed by atoms with van der Waals surface area (Å²) in [4.78, 5) is 10.6. The van der Waals surface area contributed by atoms with E-state index in [2.05, 4.69) is 5.32 Å². The van der Waals surface area contributed by atoms with Crippen molar-refractivity contribution in [1.82, 2.24) is 5.32 Å². The third-order valence-corrected chi connectivity index (χ3v) is 3.26. The molecular formula is C10H17NO3. The summed E-state index contributed by atoms with van der Waals surface area (Å²) in [6.45, 7) is 2.63. The van der Waals surface area contributed by atoms with Gasteiger partial charge in [-0.15, -0.1) is 0 Å². The molecule has 2 aliphatic rings. The Morgan fingerprint density at radius 1 is 1.50 bits per heavy atom. The summed E-state index contributed by atoms with van der Waals surface area (Å²) in [7, 11) is 0. The van der Waals surface area contributed by atoms with Crippen LogP contribution in [-0.4, -0.2) is 36.4 Å². The number of hydrogen-bond donors (Lipinski definition) is 2. The molecule has 2 saturated heterocycles. The van der Waals surface area contributed by atoms with Crippen LogP contribution < -0.4 is 5.32 Å². The predicted octanol–water partition coefficient (Wildman–Crippen LogP) is 0.620. The molecule has 0 aliphatic carbocycles. The fraction of sp³-hybridized carbons (Fsp3) is 0.900. The number of ether oxygens (including phenoxy) is 1. The Morgan fingerprint density at radius 2 is 2.21 bits per heavy atom. The van der Waals surface area contributed by atoms with Crippen LogP contribution in [0.15, 0.2) is 0 Å². The smallest absolute Gasteiger partial charge is 0.303 e. The first kappa shape index (κ1) is 9.93. The van der Waals surface area contributed by atoms with E-state index in [-0.39, 0.29) is 17.9 Å². The number of aliphatic carboxylic acids is 1. The summed E-state index contributed by atoms with van der Waals surface area (Å²) in [5, 5.41) is 12.0. The maximum Gasteiger partial charge on any atom is 0.303 e. The topological polar surface area (TPSA) is 58.6 Å². The van der Waals surface area contributed by atoms with Crippen molar-refractivity contribution in [2.75, 3.05) is 19.7 Å². The van der Waals surface area contributed by atoms with Gasteiger partial charge in [-0.3, -0.25) is 4.79 Å². The van der Waals surface area contributed by atoms with E-state index in [9.17, 15) is 4.79 Å². The van der Waals surface area contributed by atoms with Crippen molar-refractivity contribution < 1.29 is 14.6 Å². The van der Waals surface area contributed by atoms with E-state index in [0.29, 0.717) is 6.61 Å². The molecule has 2 rings (SSSR count). The van der Waals surface area contributed by atoms with E-state index in [1.54, 1.807) is 0 Å². The van der Waals surface area contributed by atoms with Gasteiger partial charge in [-0.25, -0.2) is 0 Å². The molecule has 0 bridgehead atoms. The number of carboxylic acids is 1. The summed E-state index contributed by atoms with van der Waals surface area (Å²) in [6, 6.07) is 0. The highest BCUT2D eigenvalue weighted by atomic mass is 16.5. The van der Waals surface area contributed by atoms with E-state index in [4.69, 9.17) is 9.84 Å². The van der Waals surface area contributed by atoms with Crippen molar-refractivity contribution in [2.24, 2.45) is 5.92 Å². The van der Waals surface area contributed by atoms with Gasteiger partial charge in [0, 0.05) is 0 Å². The third-order valence-electron chi connectivity index (χ3n) is 3.26.